The number of aliphatic hydroxyl groups excluding tert-OH is 7. The second kappa shape index (κ2) is 25.3. The van der Waals surface area contributed by atoms with E-state index in [-0.39, 0.29) is 39.6 Å². The highest BCUT2D eigenvalue weighted by atomic mass is 16.4. The summed E-state index contributed by atoms with van der Waals surface area (Å²) >= 11 is 0. The molecule has 0 aliphatic rings. The summed E-state index contributed by atoms with van der Waals surface area (Å²) in [5.41, 5.74) is -1.96. The Labute approximate surface area is 149 Å². The molecule has 0 amide bonds. The van der Waals surface area contributed by atoms with Crippen LogP contribution in [0.4, 0.5) is 0 Å². The van der Waals surface area contributed by atoms with E-state index in [0.717, 1.165) is 12.2 Å². The predicted octanol–water partition coefficient (Wildman–Crippen LogP) is -4.10. The van der Waals surface area contributed by atoms with E-state index in [9.17, 15) is 14.7 Å². The molecule has 156 valence electrons. The lowest BCUT2D eigenvalue weighted by Crippen LogP contribution is -2.28. The van der Waals surface area contributed by atoms with Crippen LogP contribution < -0.4 is 0 Å². The van der Waals surface area contributed by atoms with Gasteiger partial charge in [-0.1, -0.05) is 0 Å². The Morgan fingerprint density at radius 3 is 0.962 bits per heavy atom. The fourth-order valence-corrected chi connectivity index (χ4v) is 0.592. The first kappa shape index (κ1) is 31.8. The standard InChI is InChI=1S/C8H10O6.3C2H6O2/c9-5-8(14,3-1-6(10)11)4-2-7(12)13;3*3-1-2-4/h1-4,9,14H,5H2,(H,10,11)(H,12,13);3*3-4H,1-2H2. The largest absolute Gasteiger partial charge is 0.478 e. The third-order valence-corrected chi connectivity index (χ3v) is 1.58. The summed E-state index contributed by atoms with van der Waals surface area (Å²) in [6, 6.07) is 0. The van der Waals surface area contributed by atoms with Crippen LogP contribution in [0.3, 0.4) is 0 Å². The lowest BCUT2D eigenvalue weighted by Gasteiger charge is -2.15. The minimum Gasteiger partial charge on any atom is -0.478 e. The molecular formula is C14H28O12. The lowest BCUT2D eigenvalue weighted by molar-refractivity contribution is -0.132. The second-order valence-electron chi connectivity index (χ2n) is 3.83. The van der Waals surface area contributed by atoms with Crippen molar-refractivity contribution in [2.75, 3.05) is 46.2 Å². The van der Waals surface area contributed by atoms with Gasteiger partial charge in [-0.3, -0.25) is 0 Å². The van der Waals surface area contributed by atoms with Crippen molar-refractivity contribution in [1.82, 2.24) is 0 Å². The fraction of sp³-hybridized carbons (Fsp3) is 0.571. The Morgan fingerprint density at radius 1 is 0.615 bits per heavy atom. The van der Waals surface area contributed by atoms with Gasteiger partial charge in [-0.25, -0.2) is 9.59 Å². The summed E-state index contributed by atoms with van der Waals surface area (Å²) in [5.74, 6) is -2.61. The normalized spacial score (nSPS) is 12.0. The molecule has 0 spiro atoms. The minimum absolute atomic E-state index is 0.125. The van der Waals surface area contributed by atoms with Crippen molar-refractivity contribution in [3.05, 3.63) is 24.3 Å². The molecule has 0 heterocycles. The van der Waals surface area contributed by atoms with Gasteiger partial charge in [0.05, 0.1) is 46.2 Å². The van der Waals surface area contributed by atoms with Gasteiger partial charge in [-0.2, -0.15) is 0 Å². The smallest absolute Gasteiger partial charge is 0.328 e. The van der Waals surface area contributed by atoms with Crippen molar-refractivity contribution in [2.24, 2.45) is 0 Å². The number of hydrogen-bond acceptors (Lipinski definition) is 10. The fourth-order valence-electron chi connectivity index (χ4n) is 0.592. The second-order valence-corrected chi connectivity index (χ2v) is 3.83. The van der Waals surface area contributed by atoms with Crippen LogP contribution in [-0.2, 0) is 9.59 Å². The Kier molecular flexibility index (Phi) is 31.0. The van der Waals surface area contributed by atoms with Crippen LogP contribution in [0.25, 0.3) is 0 Å². The van der Waals surface area contributed by atoms with Crippen LogP contribution >= 0.6 is 0 Å². The molecule has 0 aliphatic carbocycles. The van der Waals surface area contributed by atoms with Crippen LogP contribution in [0.2, 0.25) is 0 Å². The quantitative estimate of drug-likeness (QED) is 0.179. The molecule has 26 heavy (non-hydrogen) atoms. The molecule has 10 N–H and O–H groups in total. The van der Waals surface area contributed by atoms with Crippen molar-refractivity contribution in [3.8, 4) is 0 Å². The number of aliphatic hydroxyl groups is 8. The maximum absolute atomic E-state index is 10.1. The van der Waals surface area contributed by atoms with Crippen molar-refractivity contribution >= 4 is 11.9 Å². The third kappa shape index (κ3) is 38.0. The highest BCUT2D eigenvalue weighted by Crippen LogP contribution is 2.07. The van der Waals surface area contributed by atoms with E-state index < -0.39 is 24.1 Å². The Balaban J connectivity index is -0.000000164. The van der Waals surface area contributed by atoms with Gasteiger partial charge < -0.3 is 51.1 Å². The van der Waals surface area contributed by atoms with Crippen LogP contribution in [0, 0.1) is 0 Å². The zero-order chi connectivity index (χ0) is 21.4. The van der Waals surface area contributed by atoms with E-state index in [1.807, 2.05) is 0 Å². The summed E-state index contributed by atoms with van der Waals surface area (Å²) in [6.45, 7) is -1.56. The lowest BCUT2D eigenvalue weighted by atomic mass is 10.0. The first-order valence-electron chi connectivity index (χ1n) is 6.97. The molecule has 0 aliphatic heterocycles. The summed E-state index contributed by atoms with van der Waals surface area (Å²) < 4.78 is 0. The molecule has 0 atom stereocenters. The van der Waals surface area contributed by atoms with Gasteiger partial charge in [0.25, 0.3) is 0 Å². The van der Waals surface area contributed by atoms with Crippen LogP contribution in [0.1, 0.15) is 0 Å². The van der Waals surface area contributed by atoms with Gasteiger partial charge in [0, 0.05) is 12.2 Å². The van der Waals surface area contributed by atoms with Gasteiger partial charge in [-0.15, -0.1) is 0 Å². The maximum Gasteiger partial charge on any atom is 0.328 e. The Morgan fingerprint density at radius 2 is 0.846 bits per heavy atom. The molecule has 0 bridgehead atoms. The number of carboxylic acid groups (broad SMARTS) is 2. The number of hydrogen-bond donors (Lipinski definition) is 10. The van der Waals surface area contributed by atoms with E-state index in [1.54, 1.807) is 0 Å². The SMILES string of the molecule is O=C(O)C=CC(O)(C=CC(=O)O)CO.OCCO.OCCO.OCCO. The van der Waals surface area contributed by atoms with E-state index in [2.05, 4.69) is 0 Å². The average molecular weight is 388 g/mol. The Hall–Kier alpha value is -1.90. The summed E-state index contributed by atoms with van der Waals surface area (Å²) in [5, 5.41) is 80.2. The van der Waals surface area contributed by atoms with Crippen molar-refractivity contribution in [2.45, 2.75) is 5.60 Å². The molecule has 0 aromatic carbocycles. The van der Waals surface area contributed by atoms with Gasteiger partial charge in [0.1, 0.15) is 5.60 Å². The molecule has 0 unspecified atom stereocenters. The van der Waals surface area contributed by atoms with Gasteiger partial charge in [0.2, 0.25) is 0 Å². The highest BCUT2D eigenvalue weighted by Gasteiger charge is 2.18. The molecule has 0 rings (SSSR count). The molecule has 0 radical (unpaired) electrons. The van der Waals surface area contributed by atoms with Crippen molar-refractivity contribution < 1.29 is 60.7 Å². The summed E-state index contributed by atoms with van der Waals surface area (Å²) in [6.07, 6.45) is 2.80. The molecule has 0 saturated heterocycles. The molecule has 0 aromatic rings. The molecule has 0 fully saturated rings. The Bertz CT molecular complexity index is 327. The zero-order valence-electron chi connectivity index (χ0n) is 14.0. The van der Waals surface area contributed by atoms with E-state index in [4.69, 9.17) is 46.0 Å². The van der Waals surface area contributed by atoms with E-state index in [0.29, 0.717) is 12.2 Å². The molecule has 12 heteroatoms. The topological polar surface area (TPSA) is 236 Å². The minimum atomic E-state index is -1.96. The van der Waals surface area contributed by atoms with Crippen molar-refractivity contribution in [1.29, 1.82) is 0 Å². The van der Waals surface area contributed by atoms with Crippen LogP contribution in [0.5, 0.6) is 0 Å². The maximum atomic E-state index is 10.1. The van der Waals surface area contributed by atoms with Gasteiger partial charge in [0.15, 0.2) is 0 Å². The molecule has 0 saturated carbocycles. The predicted molar refractivity (Wildman–Crippen MR) is 88.1 cm³/mol. The van der Waals surface area contributed by atoms with Gasteiger partial charge >= 0.3 is 11.9 Å². The zero-order valence-corrected chi connectivity index (χ0v) is 14.0. The summed E-state index contributed by atoms with van der Waals surface area (Å²) in [4.78, 5) is 20.2. The average Bonchev–Trinajstić information content (AvgIpc) is 2.65. The van der Waals surface area contributed by atoms with E-state index in [1.165, 1.54) is 0 Å². The monoisotopic (exact) mass is 388 g/mol. The summed E-state index contributed by atoms with van der Waals surface area (Å²) in [7, 11) is 0. The van der Waals surface area contributed by atoms with Gasteiger partial charge in [-0.05, 0) is 12.2 Å². The third-order valence-electron chi connectivity index (χ3n) is 1.58. The van der Waals surface area contributed by atoms with E-state index >= 15 is 0 Å². The molecule has 0 aromatic heterocycles. The number of aliphatic carboxylic acids is 2. The first-order chi connectivity index (χ1) is 12.1. The van der Waals surface area contributed by atoms with Crippen LogP contribution in [-0.4, -0.2) is 115 Å². The number of carbonyl (C=O) groups is 2. The number of rotatable bonds is 8. The molecular weight excluding hydrogens is 360 g/mol. The van der Waals surface area contributed by atoms with Crippen LogP contribution in [0.15, 0.2) is 24.3 Å². The highest BCUT2D eigenvalue weighted by molar-refractivity contribution is 5.81. The first-order valence-corrected chi connectivity index (χ1v) is 6.97. The van der Waals surface area contributed by atoms with Crippen molar-refractivity contribution in [3.63, 3.8) is 0 Å². The number of carboxylic acids is 2. The molecule has 12 nitrogen and oxygen atoms in total.